The molecule has 2 rings (SSSR count). The summed E-state index contributed by atoms with van der Waals surface area (Å²) in [5.41, 5.74) is 0.609. The Hall–Kier alpha value is -1.76. The summed E-state index contributed by atoms with van der Waals surface area (Å²) in [6, 6.07) is 6.90. The lowest BCUT2D eigenvalue weighted by atomic mass is 10.2. The van der Waals surface area contributed by atoms with Crippen LogP contribution in [-0.4, -0.2) is 39.1 Å². The molecule has 22 heavy (non-hydrogen) atoms. The molecule has 1 aromatic carbocycles. The Morgan fingerprint density at radius 1 is 1.32 bits per heavy atom. The van der Waals surface area contributed by atoms with Gasteiger partial charge in [-0.3, -0.25) is 0 Å². The van der Waals surface area contributed by atoms with Crippen LogP contribution in [0.15, 0.2) is 24.3 Å². The average Bonchev–Trinajstić information content (AvgIpc) is 2.45. The summed E-state index contributed by atoms with van der Waals surface area (Å²) >= 11 is 0. The summed E-state index contributed by atoms with van der Waals surface area (Å²) in [7, 11) is -2.85. The van der Waals surface area contributed by atoms with Crippen LogP contribution in [0, 0.1) is 5.92 Å². The first-order valence-corrected chi connectivity index (χ1v) is 9.29. The first-order chi connectivity index (χ1) is 10.5. The summed E-state index contributed by atoms with van der Waals surface area (Å²) in [6.45, 7) is 3.06. The quantitative estimate of drug-likeness (QED) is 0.751. The highest BCUT2D eigenvalue weighted by atomic mass is 32.2. The lowest BCUT2D eigenvalue weighted by molar-refractivity contribution is 0.250. The third-order valence-corrected chi connectivity index (χ3v) is 5.38. The number of anilines is 1. The van der Waals surface area contributed by atoms with Gasteiger partial charge in [-0.1, -0.05) is 25.5 Å². The summed E-state index contributed by atoms with van der Waals surface area (Å²) in [6.07, 6.45) is 2.00. The third-order valence-electron chi connectivity index (χ3n) is 3.42. The minimum atomic E-state index is -2.85. The lowest BCUT2D eigenvalue weighted by Crippen LogP contribution is -2.44. The van der Waals surface area contributed by atoms with Gasteiger partial charge in [0.1, 0.15) is 5.75 Å². The first kappa shape index (κ1) is 16.6. The van der Waals surface area contributed by atoms with Crippen molar-refractivity contribution in [3.8, 4) is 5.75 Å². The van der Waals surface area contributed by atoms with Crippen LogP contribution in [0.3, 0.4) is 0 Å². The van der Waals surface area contributed by atoms with Crippen LogP contribution in [0.5, 0.6) is 5.75 Å². The highest BCUT2D eigenvalue weighted by molar-refractivity contribution is 7.92. The molecule has 2 N–H and O–H groups in total. The Kier molecular flexibility index (Phi) is 5.65. The van der Waals surface area contributed by atoms with Crippen LogP contribution < -0.4 is 15.4 Å². The van der Waals surface area contributed by atoms with E-state index in [1.165, 1.54) is 0 Å². The minimum absolute atomic E-state index is 0.0202. The molecule has 1 aliphatic heterocycles. The maximum atomic E-state index is 11.9. The zero-order chi connectivity index (χ0) is 16.0. The summed E-state index contributed by atoms with van der Waals surface area (Å²) in [4.78, 5) is 11.9. The summed E-state index contributed by atoms with van der Waals surface area (Å²) in [5.74, 6) is 0.970. The Morgan fingerprint density at radius 2 is 2.05 bits per heavy atom. The second-order valence-corrected chi connectivity index (χ2v) is 7.63. The number of hydrogen-bond donors (Lipinski definition) is 2. The van der Waals surface area contributed by atoms with Gasteiger partial charge in [0.25, 0.3) is 0 Å². The number of sulfone groups is 1. The van der Waals surface area contributed by atoms with Gasteiger partial charge in [-0.2, -0.15) is 0 Å². The molecule has 0 saturated carbocycles. The zero-order valence-electron chi connectivity index (χ0n) is 12.7. The van der Waals surface area contributed by atoms with Crippen molar-refractivity contribution in [3.63, 3.8) is 0 Å². The number of carbonyl (C=O) groups is 1. The maximum absolute atomic E-state index is 11.9. The Balaban J connectivity index is 1.80. The standard InChI is InChI=1S/C15H22N2O4S/c1-2-3-8-21-14-7-5-4-6-13(14)17-15(18)16-9-12-10-22(19,20)11-12/h4-7,12H,2-3,8-11H2,1H3,(H2,16,17,18). The normalized spacial score (nSPS) is 16.6. The number of hydrogen-bond acceptors (Lipinski definition) is 4. The molecule has 1 aliphatic rings. The van der Waals surface area contributed by atoms with Gasteiger partial charge in [-0.05, 0) is 18.6 Å². The van der Waals surface area contributed by atoms with E-state index in [2.05, 4.69) is 17.6 Å². The third kappa shape index (κ3) is 4.91. The number of carbonyl (C=O) groups excluding carboxylic acids is 1. The number of unbranched alkanes of at least 4 members (excludes halogenated alkanes) is 1. The number of amides is 2. The second kappa shape index (κ2) is 7.49. The molecular weight excluding hydrogens is 304 g/mol. The SMILES string of the molecule is CCCCOc1ccccc1NC(=O)NCC1CS(=O)(=O)C1. The van der Waals surface area contributed by atoms with Crippen molar-refractivity contribution in [2.24, 2.45) is 5.92 Å². The van der Waals surface area contributed by atoms with Gasteiger partial charge in [-0.15, -0.1) is 0 Å². The van der Waals surface area contributed by atoms with Gasteiger partial charge < -0.3 is 15.4 Å². The van der Waals surface area contributed by atoms with Crippen molar-refractivity contribution >= 4 is 21.6 Å². The van der Waals surface area contributed by atoms with E-state index in [4.69, 9.17) is 4.74 Å². The van der Waals surface area contributed by atoms with Gasteiger partial charge in [0.05, 0.1) is 23.8 Å². The molecule has 1 fully saturated rings. The van der Waals surface area contributed by atoms with Crippen LogP contribution in [0.25, 0.3) is 0 Å². The molecule has 0 bridgehead atoms. The van der Waals surface area contributed by atoms with Gasteiger partial charge in [0, 0.05) is 12.5 Å². The van der Waals surface area contributed by atoms with E-state index in [9.17, 15) is 13.2 Å². The van der Waals surface area contributed by atoms with Gasteiger partial charge in [0.15, 0.2) is 9.84 Å². The van der Waals surface area contributed by atoms with Crippen LogP contribution in [0.4, 0.5) is 10.5 Å². The predicted molar refractivity (Wildman–Crippen MR) is 86.0 cm³/mol. The van der Waals surface area contributed by atoms with Crippen molar-refractivity contribution in [1.82, 2.24) is 5.32 Å². The molecule has 0 unspecified atom stereocenters. The Bertz CT molecular complexity index is 604. The number of benzene rings is 1. The number of nitrogens with one attached hydrogen (secondary N) is 2. The molecule has 6 nitrogen and oxygen atoms in total. The van der Waals surface area contributed by atoms with Gasteiger partial charge in [0.2, 0.25) is 0 Å². The first-order valence-electron chi connectivity index (χ1n) is 7.47. The van der Waals surface area contributed by atoms with Crippen molar-refractivity contribution in [3.05, 3.63) is 24.3 Å². The van der Waals surface area contributed by atoms with Crippen molar-refractivity contribution in [1.29, 1.82) is 0 Å². The molecule has 1 saturated heterocycles. The fraction of sp³-hybridized carbons (Fsp3) is 0.533. The predicted octanol–water partition coefficient (Wildman–Crippen LogP) is 2.03. The van der Waals surface area contributed by atoms with E-state index < -0.39 is 9.84 Å². The molecule has 7 heteroatoms. The maximum Gasteiger partial charge on any atom is 0.319 e. The van der Waals surface area contributed by atoms with E-state index in [-0.39, 0.29) is 23.5 Å². The molecule has 2 amide bonds. The highest BCUT2D eigenvalue weighted by Crippen LogP contribution is 2.24. The fourth-order valence-corrected chi connectivity index (χ4v) is 3.79. The summed E-state index contributed by atoms with van der Waals surface area (Å²) in [5, 5.41) is 5.43. The number of ether oxygens (including phenoxy) is 1. The highest BCUT2D eigenvalue weighted by Gasteiger charge is 2.33. The number of para-hydroxylation sites is 2. The van der Waals surface area contributed by atoms with E-state index in [0.717, 1.165) is 12.8 Å². The molecule has 0 aromatic heterocycles. The zero-order valence-corrected chi connectivity index (χ0v) is 13.5. The minimum Gasteiger partial charge on any atom is -0.491 e. The van der Waals surface area contributed by atoms with Gasteiger partial charge in [-0.25, -0.2) is 13.2 Å². The van der Waals surface area contributed by atoms with Crippen molar-refractivity contribution < 1.29 is 17.9 Å². The number of rotatable bonds is 7. The van der Waals surface area contributed by atoms with E-state index in [1.54, 1.807) is 6.07 Å². The van der Waals surface area contributed by atoms with Gasteiger partial charge >= 0.3 is 6.03 Å². The van der Waals surface area contributed by atoms with Crippen LogP contribution in [0.1, 0.15) is 19.8 Å². The number of urea groups is 1. The largest absolute Gasteiger partial charge is 0.491 e. The molecule has 1 aromatic rings. The molecule has 122 valence electrons. The lowest BCUT2D eigenvalue weighted by Gasteiger charge is -2.25. The smallest absolute Gasteiger partial charge is 0.319 e. The summed E-state index contributed by atoms with van der Waals surface area (Å²) < 4.78 is 27.8. The average molecular weight is 326 g/mol. The van der Waals surface area contributed by atoms with Crippen LogP contribution >= 0.6 is 0 Å². The monoisotopic (exact) mass is 326 g/mol. The van der Waals surface area contributed by atoms with Crippen molar-refractivity contribution in [2.45, 2.75) is 19.8 Å². The van der Waals surface area contributed by atoms with E-state index in [1.807, 2.05) is 18.2 Å². The van der Waals surface area contributed by atoms with Crippen LogP contribution in [0.2, 0.25) is 0 Å². The molecule has 0 spiro atoms. The topological polar surface area (TPSA) is 84.5 Å². The molecule has 0 atom stereocenters. The van der Waals surface area contributed by atoms with E-state index >= 15 is 0 Å². The Labute approximate surface area is 131 Å². The molecule has 0 aliphatic carbocycles. The molecule has 1 heterocycles. The Morgan fingerprint density at radius 3 is 2.73 bits per heavy atom. The molecule has 0 radical (unpaired) electrons. The fourth-order valence-electron chi connectivity index (χ4n) is 2.21. The van der Waals surface area contributed by atoms with Crippen molar-refractivity contribution in [2.75, 3.05) is 30.0 Å². The van der Waals surface area contributed by atoms with Crippen LogP contribution in [-0.2, 0) is 9.84 Å². The van der Waals surface area contributed by atoms with E-state index in [0.29, 0.717) is 24.6 Å². The second-order valence-electron chi connectivity index (χ2n) is 5.48. The molecular formula is C15H22N2O4S.